The molecule has 0 saturated carbocycles. The summed E-state index contributed by atoms with van der Waals surface area (Å²) in [5.74, 6) is -0.813. The van der Waals surface area contributed by atoms with Crippen molar-refractivity contribution in [3.05, 3.63) is 71.8 Å². The first-order valence-corrected chi connectivity index (χ1v) is 8.50. The summed E-state index contributed by atoms with van der Waals surface area (Å²) in [6.07, 6.45) is 2.00. The van der Waals surface area contributed by atoms with E-state index in [0.29, 0.717) is 23.5 Å². The van der Waals surface area contributed by atoms with Gasteiger partial charge in [-0.2, -0.15) is 5.10 Å². The second kappa shape index (κ2) is 7.82. The predicted molar refractivity (Wildman–Crippen MR) is 102 cm³/mol. The van der Waals surface area contributed by atoms with Gasteiger partial charge in [-0.3, -0.25) is 9.59 Å². The standard InChI is InChI=1S/C20H19FN4O2/c1-3-19(26)22-16-5-4-6-17(13(16)2)23-20(27)18-11-12-25(24-18)15-9-7-14(21)8-10-15/h4-12H,3H2,1-2H3,(H,22,26)(H,23,27). The average molecular weight is 366 g/mol. The Balaban J connectivity index is 1.77. The van der Waals surface area contributed by atoms with Gasteiger partial charge in [0.05, 0.1) is 5.69 Å². The Labute approximate surface area is 156 Å². The Morgan fingerprint density at radius 1 is 1.04 bits per heavy atom. The first kappa shape index (κ1) is 18.3. The lowest BCUT2D eigenvalue weighted by Crippen LogP contribution is -2.15. The molecule has 0 aliphatic heterocycles. The van der Waals surface area contributed by atoms with Crippen molar-refractivity contribution in [1.82, 2.24) is 9.78 Å². The van der Waals surface area contributed by atoms with Crippen molar-refractivity contribution in [3.63, 3.8) is 0 Å². The summed E-state index contributed by atoms with van der Waals surface area (Å²) in [5.41, 5.74) is 2.87. The van der Waals surface area contributed by atoms with E-state index >= 15 is 0 Å². The number of amides is 2. The fourth-order valence-electron chi connectivity index (χ4n) is 2.51. The molecule has 1 heterocycles. The van der Waals surface area contributed by atoms with Gasteiger partial charge in [-0.15, -0.1) is 0 Å². The minimum absolute atomic E-state index is 0.0976. The van der Waals surface area contributed by atoms with Crippen molar-refractivity contribution in [2.75, 3.05) is 10.6 Å². The number of anilines is 2. The molecule has 3 aromatic rings. The van der Waals surface area contributed by atoms with Crippen molar-refractivity contribution < 1.29 is 14.0 Å². The summed E-state index contributed by atoms with van der Waals surface area (Å²) in [7, 11) is 0. The zero-order valence-corrected chi connectivity index (χ0v) is 15.0. The molecule has 0 fully saturated rings. The molecular formula is C20H19FN4O2. The van der Waals surface area contributed by atoms with E-state index in [4.69, 9.17) is 0 Å². The maximum absolute atomic E-state index is 13.0. The smallest absolute Gasteiger partial charge is 0.276 e. The molecule has 6 nitrogen and oxygen atoms in total. The quantitative estimate of drug-likeness (QED) is 0.719. The lowest BCUT2D eigenvalue weighted by molar-refractivity contribution is -0.115. The number of rotatable bonds is 5. The van der Waals surface area contributed by atoms with Gasteiger partial charge in [0.1, 0.15) is 5.82 Å². The maximum atomic E-state index is 13.0. The topological polar surface area (TPSA) is 76.0 Å². The number of nitrogens with one attached hydrogen (secondary N) is 2. The SMILES string of the molecule is CCC(=O)Nc1cccc(NC(=O)c2ccn(-c3ccc(F)cc3)n2)c1C. The molecule has 27 heavy (non-hydrogen) atoms. The lowest BCUT2D eigenvalue weighted by Gasteiger charge is -2.12. The zero-order chi connectivity index (χ0) is 19.4. The van der Waals surface area contributed by atoms with Crippen molar-refractivity contribution >= 4 is 23.2 Å². The van der Waals surface area contributed by atoms with Gasteiger partial charge in [-0.05, 0) is 55.0 Å². The molecule has 0 unspecified atom stereocenters. The van der Waals surface area contributed by atoms with E-state index in [1.807, 2.05) is 6.92 Å². The molecule has 2 aromatic carbocycles. The van der Waals surface area contributed by atoms with Crippen LogP contribution in [0.25, 0.3) is 5.69 Å². The monoisotopic (exact) mass is 366 g/mol. The van der Waals surface area contributed by atoms with E-state index in [9.17, 15) is 14.0 Å². The highest BCUT2D eigenvalue weighted by atomic mass is 19.1. The van der Waals surface area contributed by atoms with Gasteiger partial charge < -0.3 is 10.6 Å². The summed E-state index contributed by atoms with van der Waals surface area (Å²) in [4.78, 5) is 24.1. The molecule has 2 amide bonds. The highest BCUT2D eigenvalue weighted by Gasteiger charge is 2.13. The highest BCUT2D eigenvalue weighted by molar-refractivity contribution is 6.04. The summed E-state index contributed by atoms with van der Waals surface area (Å²) in [6.45, 7) is 3.59. The summed E-state index contributed by atoms with van der Waals surface area (Å²) in [6, 6.07) is 12.7. The Bertz CT molecular complexity index is 980. The van der Waals surface area contributed by atoms with Crippen molar-refractivity contribution in [2.45, 2.75) is 20.3 Å². The van der Waals surface area contributed by atoms with Crippen molar-refractivity contribution in [3.8, 4) is 5.69 Å². The highest BCUT2D eigenvalue weighted by Crippen LogP contribution is 2.24. The first-order chi connectivity index (χ1) is 13.0. The average Bonchev–Trinajstić information content (AvgIpc) is 3.15. The minimum atomic E-state index is -0.377. The molecule has 0 radical (unpaired) electrons. The van der Waals surface area contributed by atoms with E-state index in [0.717, 1.165) is 5.56 Å². The third-order valence-corrected chi connectivity index (χ3v) is 4.09. The van der Waals surface area contributed by atoms with Crippen LogP contribution in [-0.2, 0) is 4.79 Å². The van der Waals surface area contributed by atoms with Crippen LogP contribution in [0.4, 0.5) is 15.8 Å². The normalized spacial score (nSPS) is 10.5. The second-order valence-corrected chi connectivity index (χ2v) is 5.96. The van der Waals surface area contributed by atoms with Gasteiger partial charge in [0.15, 0.2) is 5.69 Å². The largest absolute Gasteiger partial charge is 0.326 e. The van der Waals surface area contributed by atoms with Crippen LogP contribution in [0.5, 0.6) is 0 Å². The molecule has 138 valence electrons. The number of aromatic nitrogens is 2. The molecule has 0 atom stereocenters. The predicted octanol–water partition coefficient (Wildman–Crippen LogP) is 3.92. The summed E-state index contributed by atoms with van der Waals surface area (Å²) < 4.78 is 14.5. The molecule has 1 aromatic heterocycles. The minimum Gasteiger partial charge on any atom is -0.326 e. The van der Waals surface area contributed by atoms with Gasteiger partial charge >= 0.3 is 0 Å². The van der Waals surface area contributed by atoms with Crippen LogP contribution in [0.15, 0.2) is 54.7 Å². The van der Waals surface area contributed by atoms with E-state index in [-0.39, 0.29) is 23.3 Å². The van der Waals surface area contributed by atoms with Crippen molar-refractivity contribution in [2.24, 2.45) is 0 Å². The lowest BCUT2D eigenvalue weighted by atomic mass is 10.1. The number of nitrogens with zero attached hydrogens (tertiary/aromatic N) is 2. The molecule has 2 N–H and O–H groups in total. The summed E-state index contributed by atoms with van der Waals surface area (Å²) in [5, 5.41) is 9.84. The van der Waals surface area contributed by atoms with E-state index in [2.05, 4.69) is 15.7 Å². The van der Waals surface area contributed by atoms with Crippen LogP contribution in [-0.4, -0.2) is 21.6 Å². The fraction of sp³-hybridized carbons (Fsp3) is 0.150. The third-order valence-electron chi connectivity index (χ3n) is 4.09. The number of hydrogen-bond donors (Lipinski definition) is 2. The molecule has 0 bridgehead atoms. The Kier molecular flexibility index (Phi) is 5.30. The number of carbonyl (C=O) groups excluding carboxylic acids is 2. The van der Waals surface area contributed by atoms with E-state index in [1.165, 1.54) is 16.8 Å². The van der Waals surface area contributed by atoms with Gasteiger partial charge in [0.2, 0.25) is 5.91 Å². The molecule has 3 rings (SSSR count). The van der Waals surface area contributed by atoms with Crippen LogP contribution in [0, 0.1) is 12.7 Å². The Hall–Kier alpha value is -3.48. The Morgan fingerprint density at radius 3 is 2.37 bits per heavy atom. The van der Waals surface area contributed by atoms with E-state index < -0.39 is 0 Å². The van der Waals surface area contributed by atoms with Crippen LogP contribution in [0.1, 0.15) is 29.4 Å². The number of hydrogen-bond acceptors (Lipinski definition) is 3. The molecule has 0 saturated heterocycles. The van der Waals surface area contributed by atoms with Crippen LogP contribution in [0.2, 0.25) is 0 Å². The molecule has 0 aliphatic rings. The molecule has 0 spiro atoms. The van der Waals surface area contributed by atoms with Gasteiger partial charge in [0.25, 0.3) is 5.91 Å². The van der Waals surface area contributed by atoms with E-state index in [1.54, 1.807) is 49.5 Å². The summed E-state index contributed by atoms with van der Waals surface area (Å²) >= 11 is 0. The van der Waals surface area contributed by atoms with Crippen LogP contribution >= 0.6 is 0 Å². The molecular weight excluding hydrogens is 347 g/mol. The van der Waals surface area contributed by atoms with Gasteiger partial charge in [-0.1, -0.05) is 13.0 Å². The fourth-order valence-corrected chi connectivity index (χ4v) is 2.51. The second-order valence-electron chi connectivity index (χ2n) is 5.96. The van der Waals surface area contributed by atoms with Gasteiger partial charge in [0, 0.05) is 24.0 Å². The van der Waals surface area contributed by atoms with Crippen LogP contribution < -0.4 is 10.6 Å². The Morgan fingerprint density at radius 2 is 1.70 bits per heavy atom. The van der Waals surface area contributed by atoms with Gasteiger partial charge in [-0.25, -0.2) is 9.07 Å². The van der Waals surface area contributed by atoms with Crippen LogP contribution in [0.3, 0.4) is 0 Å². The number of halogens is 1. The molecule has 0 aliphatic carbocycles. The first-order valence-electron chi connectivity index (χ1n) is 8.50. The number of benzene rings is 2. The zero-order valence-electron chi connectivity index (χ0n) is 15.0. The molecule has 7 heteroatoms. The maximum Gasteiger partial charge on any atom is 0.276 e. The van der Waals surface area contributed by atoms with Crippen molar-refractivity contribution in [1.29, 1.82) is 0 Å². The number of carbonyl (C=O) groups is 2. The third kappa shape index (κ3) is 4.20.